The second-order valence-corrected chi connectivity index (χ2v) is 6.39. The minimum atomic E-state index is -3.73. The molecule has 0 bridgehead atoms. The maximum Gasteiger partial charge on any atom is 0.336 e. The normalized spacial score (nSPS) is 20.6. The molecule has 1 aromatic heterocycles. The number of esters is 1. The van der Waals surface area contributed by atoms with Crippen molar-refractivity contribution in [2.45, 2.75) is 11.0 Å². The summed E-state index contributed by atoms with van der Waals surface area (Å²) in [6.45, 7) is 0.204. The summed E-state index contributed by atoms with van der Waals surface area (Å²) >= 11 is 5.63. The van der Waals surface area contributed by atoms with Crippen LogP contribution in [0.15, 0.2) is 23.2 Å². The van der Waals surface area contributed by atoms with Gasteiger partial charge in [-0.05, 0) is 12.1 Å². The molecule has 0 saturated carbocycles. The standard InChI is InChI=1S/C11H13ClN2O5S/c1-18-11(15)9-7-14(4-5-19-9)20(16,17)8-2-3-10(12)13-6-8/h2-3,6,9H,4-5,7H2,1H3. The van der Waals surface area contributed by atoms with Gasteiger partial charge in [0.15, 0.2) is 6.10 Å². The van der Waals surface area contributed by atoms with Crippen molar-refractivity contribution < 1.29 is 22.7 Å². The van der Waals surface area contributed by atoms with E-state index in [1.54, 1.807) is 0 Å². The Bertz CT molecular complexity index is 589. The van der Waals surface area contributed by atoms with Crippen LogP contribution in [0.4, 0.5) is 0 Å². The molecule has 1 aliphatic heterocycles. The maximum atomic E-state index is 12.4. The lowest BCUT2D eigenvalue weighted by molar-refractivity contribution is -0.157. The van der Waals surface area contributed by atoms with E-state index in [0.29, 0.717) is 0 Å². The molecule has 7 nitrogen and oxygen atoms in total. The molecular formula is C11H13ClN2O5S. The molecule has 9 heteroatoms. The van der Waals surface area contributed by atoms with Gasteiger partial charge in [0.25, 0.3) is 0 Å². The third-order valence-electron chi connectivity index (χ3n) is 2.83. The van der Waals surface area contributed by atoms with Crippen LogP contribution in [-0.2, 0) is 24.3 Å². The van der Waals surface area contributed by atoms with Crippen molar-refractivity contribution in [3.05, 3.63) is 23.5 Å². The minimum absolute atomic E-state index is 0.0208. The number of ether oxygens (including phenoxy) is 2. The summed E-state index contributed by atoms with van der Waals surface area (Å²) in [5, 5.41) is 0.207. The summed E-state index contributed by atoms with van der Waals surface area (Å²) in [7, 11) is -2.50. The fourth-order valence-corrected chi connectivity index (χ4v) is 3.26. The predicted molar refractivity (Wildman–Crippen MR) is 69.8 cm³/mol. The van der Waals surface area contributed by atoms with Gasteiger partial charge >= 0.3 is 5.97 Å². The van der Waals surface area contributed by atoms with E-state index in [9.17, 15) is 13.2 Å². The molecule has 0 aliphatic carbocycles. The van der Waals surface area contributed by atoms with E-state index in [4.69, 9.17) is 16.3 Å². The first kappa shape index (κ1) is 15.2. The van der Waals surface area contributed by atoms with Crippen molar-refractivity contribution in [1.29, 1.82) is 0 Å². The Morgan fingerprint density at radius 2 is 2.30 bits per heavy atom. The summed E-state index contributed by atoms with van der Waals surface area (Å²) in [5.74, 6) is -0.598. The van der Waals surface area contributed by atoms with Gasteiger partial charge in [-0.2, -0.15) is 4.31 Å². The molecule has 1 aromatic rings. The molecule has 1 atom stereocenters. The van der Waals surface area contributed by atoms with E-state index >= 15 is 0 Å². The number of rotatable bonds is 3. The van der Waals surface area contributed by atoms with Crippen LogP contribution in [0.25, 0.3) is 0 Å². The summed E-state index contributed by atoms with van der Waals surface area (Å²) in [4.78, 5) is 15.2. The van der Waals surface area contributed by atoms with E-state index in [0.717, 1.165) is 0 Å². The molecule has 2 heterocycles. The van der Waals surface area contributed by atoms with Gasteiger partial charge in [-0.1, -0.05) is 11.6 Å². The number of hydrogen-bond acceptors (Lipinski definition) is 6. The van der Waals surface area contributed by atoms with Crippen molar-refractivity contribution in [3.63, 3.8) is 0 Å². The van der Waals surface area contributed by atoms with E-state index < -0.39 is 22.1 Å². The largest absolute Gasteiger partial charge is 0.467 e. The van der Waals surface area contributed by atoms with Gasteiger partial charge in [-0.3, -0.25) is 0 Å². The summed E-state index contributed by atoms with van der Waals surface area (Å²) < 4.78 is 35.7. The number of morpholine rings is 1. The van der Waals surface area contributed by atoms with Gasteiger partial charge in [0, 0.05) is 12.7 Å². The smallest absolute Gasteiger partial charge is 0.336 e. The molecule has 0 N–H and O–H groups in total. The van der Waals surface area contributed by atoms with E-state index in [1.807, 2.05) is 0 Å². The molecule has 0 aromatic carbocycles. The van der Waals surface area contributed by atoms with E-state index in [-0.39, 0.29) is 29.7 Å². The summed E-state index contributed by atoms with van der Waals surface area (Å²) in [6, 6.07) is 2.76. The zero-order chi connectivity index (χ0) is 14.8. The number of carbonyl (C=O) groups is 1. The third-order valence-corrected chi connectivity index (χ3v) is 4.90. The number of nitrogens with zero attached hydrogens (tertiary/aromatic N) is 2. The molecule has 2 rings (SSSR count). The Hall–Kier alpha value is -1.22. The van der Waals surface area contributed by atoms with Gasteiger partial charge in [-0.25, -0.2) is 18.2 Å². The van der Waals surface area contributed by atoms with Crippen LogP contribution in [0.2, 0.25) is 5.15 Å². The fraction of sp³-hybridized carbons (Fsp3) is 0.455. The Morgan fingerprint density at radius 3 is 2.90 bits per heavy atom. The van der Waals surface area contributed by atoms with Gasteiger partial charge in [-0.15, -0.1) is 0 Å². The molecule has 0 spiro atoms. The SMILES string of the molecule is COC(=O)C1CN(S(=O)(=O)c2ccc(Cl)nc2)CCO1. The van der Waals surface area contributed by atoms with Crippen LogP contribution < -0.4 is 0 Å². The highest BCUT2D eigenvalue weighted by atomic mass is 35.5. The zero-order valence-electron chi connectivity index (χ0n) is 10.7. The average Bonchev–Trinajstić information content (AvgIpc) is 2.47. The molecule has 0 amide bonds. The monoisotopic (exact) mass is 320 g/mol. The second kappa shape index (κ2) is 6.04. The first-order valence-electron chi connectivity index (χ1n) is 5.76. The molecule has 1 fully saturated rings. The van der Waals surface area contributed by atoms with Crippen LogP contribution >= 0.6 is 11.6 Å². The van der Waals surface area contributed by atoms with Crippen molar-refractivity contribution >= 4 is 27.6 Å². The fourth-order valence-electron chi connectivity index (χ4n) is 1.78. The molecule has 110 valence electrons. The van der Waals surface area contributed by atoms with Gasteiger partial charge < -0.3 is 9.47 Å². The van der Waals surface area contributed by atoms with Crippen LogP contribution in [-0.4, -0.2) is 56.6 Å². The first-order chi connectivity index (χ1) is 9.45. The number of hydrogen-bond donors (Lipinski definition) is 0. The summed E-state index contributed by atoms with van der Waals surface area (Å²) in [5.41, 5.74) is 0. The number of sulfonamides is 1. The number of methoxy groups -OCH3 is 1. The van der Waals surface area contributed by atoms with Gasteiger partial charge in [0.2, 0.25) is 10.0 Å². The average molecular weight is 321 g/mol. The molecule has 0 radical (unpaired) electrons. The quantitative estimate of drug-likeness (QED) is 0.588. The number of carbonyl (C=O) groups excluding carboxylic acids is 1. The molecule has 20 heavy (non-hydrogen) atoms. The lowest BCUT2D eigenvalue weighted by atomic mass is 10.3. The highest BCUT2D eigenvalue weighted by Gasteiger charge is 2.34. The molecule has 1 saturated heterocycles. The number of halogens is 1. The minimum Gasteiger partial charge on any atom is -0.467 e. The Balaban J connectivity index is 2.21. The maximum absolute atomic E-state index is 12.4. The van der Waals surface area contributed by atoms with Crippen molar-refractivity contribution in [1.82, 2.24) is 9.29 Å². The zero-order valence-corrected chi connectivity index (χ0v) is 12.2. The lowest BCUT2D eigenvalue weighted by Gasteiger charge is -2.30. The third kappa shape index (κ3) is 3.09. The molecule has 1 aliphatic rings. The Kier molecular flexibility index (Phi) is 4.59. The van der Waals surface area contributed by atoms with Gasteiger partial charge in [0.05, 0.1) is 20.3 Å². The van der Waals surface area contributed by atoms with Crippen LogP contribution in [0.5, 0.6) is 0 Å². The van der Waals surface area contributed by atoms with Crippen LogP contribution in [0.3, 0.4) is 0 Å². The first-order valence-corrected chi connectivity index (χ1v) is 7.58. The van der Waals surface area contributed by atoms with Crippen molar-refractivity contribution in [3.8, 4) is 0 Å². The molecular weight excluding hydrogens is 308 g/mol. The van der Waals surface area contributed by atoms with Gasteiger partial charge in [0.1, 0.15) is 10.0 Å². The van der Waals surface area contributed by atoms with Crippen molar-refractivity contribution in [2.24, 2.45) is 0 Å². The number of aromatic nitrogens is 1. The van der Waals surface area contributed by atoms with Crippen LogP contribution in [0.1, 0.15) is 0 Å². The topological polar surface area (TPSA) is 85.8 Å². The highest BCUT2D eigenvalue weighted by Crippen LogP contribution is 2.19. The number of pyridine rings is 1. The van der Waals surface area contributed by atoms with Crippen LogP contribution in [0, 0.1) is 0 Å². The molecule has 1 unspecified atom stereocenters. The highest BCUT2D eigenvalue weighted by molar-refractivity contribution is 7.89. The Morgan fingerprint density at radius 1 is 1.55 bits per heavy atom. The lowest BCUT2D eigenvalue weighted by Crippen LogP contribution is -2.48. The predicted octanol–water partition coefficient (Wildman–Crippen LogP) is 0.297. The second-order valence-electron chi connectivity index (χ2n) is 4.06. The summed E-state index contributed by atoms with van der Waals surface area (Å²) in [6.07, 6.45) is 0.268. The van der Waals surface area contributed by atoms with E-state index in [2.05, 4.69) is 9.72 Å². The van der Waals surface area contributed by atoms with E-state index in [1.165, 1.54) is 29.7 Å². The van der Waals surface area contributed by atoms with Crippen molar-refractivity contribution in [2.75, 3.05) is 26.8 Å². The Labute approximate surface area is 121 Å².